The van der Waals surface area contributed by atoms with Crippen molar-refractivity contribution in [1.29, 1.82) is 0 Å². The van der Waals surface area contributed by atoms with Crippen molar-refractivity contribution in [3.8, 4) is 5.75 Å². The van der Waals surface area contributed by atoms with Crippen molar-refractivity contribution in [1.82, 2.24) is 5.43 Å². The number of nitrogens with zero attached hydrogens (tertiary/aromatic N) is 1. The largest absolute Gasteiger partial charge is 0.489 e. The molecule has 4 aromatic rings. The molecule has 1 heterocycles. The maximum absolute atomic E-state index is 12.4. The van der Waals surface area contributed by atoms with Crippen LogP contribution in [0.2, 0.25) is 0 Å². The number of carbonyl (C=O) groups is 1. The summed E-state index contributed by atoms with van der Waals surface area (Å²) in [6.07, 6.45) is 0. The van der Waals surface area contributed by atoms with Gasteiger partial charge in [0.25, 0.3) is 11.6 Å². The summed E-state index contributed by atoms with van der Waals surface area (Å²) in [6.45, 7) is 2.09. The zero-order valence-electron chi connectivity index (χ0n) is 17.5. The van der Waals surface area contributed by atoms with E-state index in [1.54, 1.807) is 48.5 Å². The first kappa shape index (κ1) is 21.6. The molecule has 9 heteroatoms. The highest BCUT2D eigenvalue weighted by molar-refractivity contribution is 5.95. The van der Waals surface area contributed by atoms with E-state index in [2.05, 4.69) is 10.9 Å². The highest BCUT2D eigenvalue weighted by atomic mass is 16.6. The van der Waals surface area contributed by atoms with E-state index >= 15 is 0 Å². The van der Waals surface area contributed by atoms with Gasteiger partial charge in [0.05, 0.1) is 4.92 Å². The Kier molecular flexibility index (Phi) is 6.03. The van der Waals surface area contributed by atoms with Gasteiger partial charge in [-0.1, -0.05) is 24.3 Å². The molecule has 0 radical (unpaired) electrons. The Morgan fingerprint density at radius 1 is 1.06 bits per heavy atom. The number of para-hydroxylation sites is 2. The lowest BCUT2D eigenvalue weighted by Gasteiger charge is -2.10. The van der Waals surface area contributed by atoms with Gasteiger partial charge in [-0.25, -0.2) is 4.79 Å². The third-order valence-corrected chi connectivity index (χ3v) is 4.96. The highest BCUT2D eigenvalue weighted by Gasteiger charge is 2.13. The average Bonchev–Trinajstić information content (AvgIpc) is 2.81. The zero-order chi connectivity index (χ0) is 23.4. The van der Waals surface area contributed by atoms with E-state index in [1.807, 2.05) is 13.0 Å². The summed E-state index contributed by atoms with van der Waals surface area (Å²) in [6, 6.07) is 19.5. The number of nitro benzene ring substituents is 1. The molecule has 0 bridgehead atoms. The number of carbonyl (C=O) groups excluding carboxylic acids is 1. The summed E-state index contributed by atoms with van der Waals surface area (Å²) in [7, 11) is 0. The summed E-state index contributed by atoms with van der Waals surface area (Å²) in [5, 5.41) is 11.9. The number of hydrazine groups is 1. The fourth-order valence-electron chi connectivity index (χ4n) is 3.25. The molecular formula is C24H19N3O6. The summed E-state index contributed by atoms with van der Waals surface area (Å²) < 4.78 is 11.0. The van der Waals surface area contributed by atoms with Crippen molar-refractivity contribution >= 4 is 28.3 Å². The molecule has 0 unspecified atom stereocenters. The van der Waals surface area contributed by atoms with Crippen molar-refractivity contribution in [2.45, 2.75) is 13.5 Å². The fourth-order valence-corrected chi connectivity index (χ4v) is 3.25. The van der Waals surface area contributed by atoms with Gasteiger partial charge in [0.1, 0.15) is 23.6 Å². The van der Waals surface area contributed by atoms with Gasteiger partial charge in [-0.3, -0.25) is 25.8 Å². The number of fused-ring (bicyclic) bond motifs is 1. The van der Waals surface area contributed by atoms with Crippen molar-refractivity contribution in [2.75, 3.05) is 5.43 Å². The first-order valence-corrected chi connectivity index (χ1v) is 9.97. The molecule has 1 amide bonds. The number of rotatable bonds is 7. The van der Waals surface area contributed by atoms with E-state index < -0.39 is 16.5 Å². The normalized spacial score (nSPS) is 10.6. The minimum Gasteiger partial charge on any atom is -0.489 e. The molecule has 4 rings (SSSR count). The minimum absolute atomic E-state index is 0.145. The number of benzene rings is 3. The van der Waals surface area contributed by atoms with Crippen LogP contribution in [0, 0.1) is 17.0 Å². The Balaban J connectivity index is 1.37. The fraction of sp³-hybridized carbons (Fsp3) is 0.0833. The Morgan fingerprint density at radius 2 is 1.82 bits per heavy atom. The van der Waals surface area contributed by atoms with Crippen LogP contribution >= 0.6 is 0 Å². The Morgan fingerprint density at radius 3 is 2.58 bits per heavy atom. The number of nitrogens with one attached hydrogen (secondary N) is 2. The molecule has 0 fully saturated rings. The quantitative estimate of drug-likeness (QED) is 0.246. The van der Waals surface area contributed by atoms with E-state index in [0.717, 1.165) is 16.5 Å². The lowest BCUT2D eigenvalue weighted by molar-refractivity contribution is -0.384. The summed E-state index contributed by atoms with van der Waals surface area (Å²) in [5.41, 5.74) is 7.13. The topological polar surface area (TPSA) is 124 Å². The second-order valence-corrected chi connectivity index (χ2v) is 7.25. The molecule has 33 heavy (non-hydrogen) atoms. The summed E-state index contributed by atoms with van der Waals surface area (Å²) in [4.78, 5) is 34.5. The summed E-state index contributed by atoms with van der Waals surface area (Å²) in [5.74, 6) is 0.104. The van der Waals surface area contributed by atoms with Crippen LogP contribution in [-0.4, -0.2) is 10.8 Å². The van der Waals surface area contributed by atoms with Gasteiger partial charge in [-0.05, 0) is 48.4 Å². The van der Waals surface area contributed by atoms with Gasteiger partial charge in [-0.15, -0.1) is 0 Å². The first-order chi connectivity index (χ1) is 15.9. The summed E-state index contributed by atoms with van der Waals surface area (Å²) >= 11 is 0. The monoisotopic (exact) mass is 445 g/mol. The van der Waals surface area contributed by atoms with Crippen LogP contribution in [0.3, 0.4) is 0 Å². The molecule has 0 aliphatic carbocycles. The minimum atomic E-state index is -0.534. The van der Waals surface area contributed by atoms with Crippen molar-refractivity contribution < 1.29 is 18.9 Å². The Labute approximate surface area is 187 Å². The molecule has 0 saturated heterocycles. The molecular weight excluding hydrogens is 426 g/mol. The highest BCUT2D eigenvalue weighted by Crippen LogP contribution is 2.24. The second-order valence-electron chi connectivity index (χ2n) is 7.25. The molecule has 0 atom stereocenters. The molecule has 9 nitrogen and oxygen atoms in total. The number of hydrogen-bond donors (Lipinski definition) is 2. The van der Waals surface area contributed by atoms with Gasteiger partial charge in [0.2, 0.25) is 0 Å². The lowest BCUT2D eigenvalue weighted by Crippen LogP contribution is -2.29. The molecule has 0 aliphatic rings. The van der Waals surface area contributed by atoms with Crippen LogP contribution in [0.25, 0.3) is 11.0 Å². The molecule has 166 valence electrons. The van der Waals surface area contributed by atoms with Gasteiger partial charge in [0.15, 0.2) is 0 Å². The predicted octanol–water partition coefficient (Wildman–Crippen LogP) is 4.35. The zero-order valence-corrected chi connectivity index (χ0v) is 17.5. The standard InChI is InChI=1S/C24H19N3O6/c1-15-12-23(28)33-22-13-18(10-11-19(15)22)32-14-16-6-8-17(9-7-16)24(29)26-25-20-4-2-3-5-21(20)27(30)31/h2-13,25H,14H2,1H3,(H,26,29). The van der Waals surface area contributed by atoms with E-state index in [-0.39, 0.29) is 18.0 Å². The number of ether oxygens (including phenoxy) is 1. The van der Waals surface area contributed by atoms with Gasteiger partial charge < -0.3 is 9.15 Å². The van der Waals surface area contributed by atoms with E-state index in [4.69, 9.17) is 9.15 Å². The lowest BCUT2D eigenvalue weighted by atomic mass is 10.1. The molecule has 1 aromatic heterocycles. The van der Waals surface area contributed by atoms with Gasteiger partial charge >= 0.3 is 5.63 Å². The van der Waals surface area contributed by atoms with Crippen molar-refractivity contribution in [2.24, 2.45) is 0 Å². The third kappa shape index (κ3) is 4.99. The van der Waals surface area contributed by atoms with E-state index in [0.29, 0.717) is 16.9 Å². The SMILES string of the molecule is Cc1cc(=O)oc2cc(OCc3ccc(C(=O)NNc4ccccc4[N+](=O)[O-])cc3)ccc12. The smallest absolute Gasteiger partial charge is 0.336 e. The number of aryl methyl sites for hydroxylation is 1. The maximum atomic E-state index is 12.4. The first-order valence-electron chi connectivity index (χ1n) is 9.97. The second kappa shape index (κ2) is 9.23. The maximum Gasteiger partial charge on any atom is 0.336 e. The van der Waals surface area contributed by atoms with Crippen molar-refractivity contribution in [3.05, 3.63) is 110 Å². The number of nitro groups is 1. The van der Waals surface area contributed by atoms with Crippen LogP contribution in [0.5, 0.6) is 5.75 Å². The predicted molar refractivity (Wildman–Crippen MR) is 122 cm³/mol. The number of hydrogen-bond acceptors (Lipinski definition) is 7. The van der Waals surface area contributed by atoms with Crippen LogP contribution in [0.15, 0.2) is 82.0 Å². The van der Waals surface area contributed by atoms with E-state index in [9.17, 15) is 19.7 Å². The van der Waals surface area contributed by atoms with Crippen LogP contribution in [0.1, 0.15) is 21.5 Å². The third-order valence-electron chi connectivity index (χ3n) is 4.96. The van der Waals surface area contributed by atoms with Gasteiger partial charge in [-0.2, -0.15) is 0 Å². The Bertz CT molecular complexity index is 1400. The molecule has 0 spiro atoms. The molecule has 0 aliphatic heterocycles. The average molecular weight is 445 g/mol. The number of amides is 1. The van der Waals surface area contributed by atoms with Gasteiger partial charge in [0, 0.05) is 29.1 Å². The van der Waals surface area contributed by atoms with E-state index in [1.165, 1.54) is 18.2 Å². The molecule has 3 aromatic carbocycles. The molecule has 0 saturated carbocycles. The van der Waals surface area contributed by atoms with Crippen LogP contribution < -0.4 is 21.2 Å². The Hall–Kier alpha value is -4.66. The van der Waals surface area contributed by atoms with Crippen LogP contribution in [0.4, 0.5) is 11.4 Å². The number of anilines is 1. The van der Waals surface area contributed by atoms with Crippen LogP contribution in [-0.2, 0) is 6.61 Å². The molecule has 2 N–H and O–H groups in total. The van der Waals surface area contributed by atoms with Crippen molar-refractivity contribution in [3.63, 3.8) is 0 Å².